The molecule has 0 N–H and O–H groups in total. The molecule has 0 aliphatic rings. The second-order valence-corrected chi connectivity index (χ2v) is 4.15. The molecule has 2 rings (SSSR count). The van der Waals surface area contributed by atoms with Gasteiger partial charge in [-0.05, 0) is 29.8 Å². The summed E-state index contributed by atoms with van der Waals surface area (Å²) in [6.45, 7) is 0.218. The zero-order valence-corrected chi connectivity index (χ0v) is 10.6. The molecule has 0 radical (unpaired) electrons. The van der Waals surface area contributed by atoms with Gasteiger partial charge in [0.25, 0.3) is 0 Å². The van der Waals surface area contributed by atoms with E-state index in [-0.39, 0.29) is 12.4 Å². The molecule has 104 valence electrons. The molecule has 20 heavy (non-hydrogen) atoms. The van der Waals surface area contributed by atoms with Crippen LogP contribution in [0.25, 0.3) is 6.08 Å². The lowest BCUT2D eigenvalue weighted by atomic mass is 10.2. The third-order valence-electron chi connectivity index (χ3n) is 2.62. The summed E-state index contributed by atoms with van der Waals surface area (Å²) in [5.74, 6) is 0.206. The van der Waals surface area contributed by atoms with Crippen LogP contribution in [0.1, 0.15) is 11.1 Å². The van der Waals surface area contributed by atoms with Gasteiger partial charge in [-0.15, -0.1) is 0 Å². The van der Waals surface area contributed by atoms with Gasteiger partial charge in [-0.25, -0.2) is 0 Å². The Balaban J connectivity index is 1.93. The van der Waals surface area contributed by atoms with Gasteiger partial charge >= 0.3 is 6.18 Å². The van der Waals surface area contributed by atoms with Gasteiger partial charge in [0.15, 0.2) is 0 Å². The standard InChI is InChI=1S/C16H13F3O/c17-16(18,19)14-9-4-10-15(12-14)20-11-5-8-13-6-2-1-3-7-13/h1-10,12H,11H2/b8-5+. The molecule has 0 atom stereocenters. The van der Waals surface area contributed by atoms with Crippen molar-refractivity contribution in [2.24, 2.45) is 0 Å². The van der Waals surface area contributed by atoms with Crippen LogP contribution < -0.4 is 4.74 Å². The zero-order chi connectivity index (χ0) is 14.4. The van der Waals surface area contributed by atoms with E-state index in [0.717, 1.165) is 17.7 Å². The van der Waals surface area contributed by atoms with E-state index in [4.69, 9.17) is 4.74 Å². The van der Waals surface area contributed by atoms with Crippen LogP contribution in [0, 0.1) is 0 Å². The number of ether oxygens (including phenoxy) is 1. The van der Waals surface area contributed by atoms with Crippen molar-refractivity contribution in [2.75, 3.05) is 6.61 Å². The summed E-state index contributed by atoms with van der Waals surface area (Å²) in [7, 11) is 0. The molecule has 0 spiro atoms. The van der Waals surface area contributed by atoms with Gasteiger partial charge < -0.3 is 4.74 Å². The molecule has 0 amide bonds. The van der Waals surface area contributed by atoms with E-state index in [9.17, 15) is 13.2 Å². The van der Waals surface area contributed by atoms with Gasteiger partial charge in [-0.1, -0.05) is 42.5 Å². The topological polar surface area (TPSA) is 9.23 Å². The highest BCUT2D eigenvalue weighted by Crippen LogP contribution is 2.31. The van der Waals surface area contributed by atoms with E-state index in [1.54, 1.807) is 6.08 Å². The molecular formula is C16H13F3O. The highest BCUT2D eigenvalue weighted by Gasteiger charge is 2.30. The van der Waals surface area contributed by atoms with Crippen molar-refractivity contribution >= 4 is 6.08 Å². The minimum Gasteiger partial charge on any atom is -0.490 e. The molecular weight excluding hydrogens is 265 g/mol. The van der Waals surface area contributed by atoms with E-state index in [1.165, 1.54) is 12.1 Å². The first kappa shape index (κ1) is 14.2. The van der Waals surface area contributed by atoms with Crippen LogP contribution in [0.15, 0.2) is 60.7 Å². The average Bonchev–Trinajstić information content (AvgIpc) is 2.44. The Morgan fingerprint density at radius 1 is 0.950 bits per heavy atom. The summed E-state index contributed by atoms with van der Waals surface area (Å²) in [4.78, 5) is 0. The fourth-order valence-corrected chi connectivity index (χ4v) is 1.65. The normalized spacial score (nSPS) is 11.8. The molecule has 0 bridgehead atoms. The second-order valence-electron chi connectivity index (χ2n) is 4.15. The Kier molecular flexibility index (Phi) is 4.45. The Labute approximate surface area is 115 Å². The van der Waals surface area contributed by atoms with Crippen molar-refractivity contribution in [1.29, 1.82) is 0 Å². The first-order valence-electron chi connectivity index (χ1n) is 6.07. The molecule has 1 nitrogen and oxygen atoms in total. The van der Waals surface area contributed by atoms with Crippen molar-refractivity contribution in [3.8, 4) is 5.75 Å². The molecule has 4 heteroatoms. The number of benzene rings is 2. The summed E-state index contributed by atoms with van der Waals surface area (Å²) in [6.07, 6.45) is -0.734. The monoisotopic (exact) mass is 278 g/mol. The lowest BCUT2D eigenvalue weighted by molar-refractivity contribution is -0.137. The van der Waals surface area contributed by atoms with E-state index in [0.29, 0.717) is 0 Å². The summed E-state index contributed by atoms with van der Waals surface area (Å²) < 4.78 is 42.8. The smallest absolute Gasteiger partial charge is 0.416 e. The van der Waals surface area contributed by atoms with Crippen LogP contribution in [-0.4, -0.2) is 6.61 Å². The molecule has 0 saturated carbocycles. The molecule has 0 aliphatic carbocycles. The van der Waals surface area contributed by atoms with Crippen LogP contribution in [0.4, 0.5) is 13.2 Å². The van der Waals surface area contributed by atoms with E-state index in [1.807, 2.05) is 36.4 Å². The summed E-state index contributed by atoms with van der Waals surface area (Å²) in [5, 5.41) is 0. The number of halogens is 3. The van der Waals surface area contributed by atoms with Crippen LogP contribution in [0.3, 0.4) is 0 Å². The maximum absolute atomic E-state index is 12.5. The summed E-state index contributed by atoms with van der Waals surface area (Å²) in [5.41, 5.74) is 0.308. The fourth-order valence-electron chi connectivity index (χ4n) is 1.65. The molecule has 0 fully saturated rings. The lowest BCUT2D eigenvalue weighted by Crippen LogP contribution is -2.05. The zero-order valence-electron chi connectivity index (χ0n) is 10.6. The maximum atomic E-state index is 12.5. The Hall–Kier alpha value is -2.23. The maximum Gasteiger partial charge on any atom is 0.416 e. The molecule has 0 heterocycles. The minimum absolute atomic E-state index is 0.206. The van der Waals surface area contributed by atoms with Gasteiger partial charge in [0, 0.05) is 0 Å². The van der Waals surface area contributed by atoms with Gasteiger partial charge in [0.1, 0.15) is 12.4 Å². The van der Waals surface area contributed by atoms with Crippen molar-refractivity contribution in [1.82, 2.24) is 0 Å². The summed E-state index contributed by atoms with van der Waals surface area (Å²) >= 11 is 0. The van der Waals surface area contributed by atoms with Crippen molar-refractivity contribution in [2.45, 2.75) is 6.18 Å². The third-order valence-corrected chi connectivity index (χ3v) is 2.62. The first-order valence-corrected chi connectivity index (χ1v) is 6.07. The Morgan fingerprint density at radius 3 is 2.40 bits per heavy atom. The van der Waals surface area contributed by atoms with E-state index < -0.39 is 11.7 Å². The van der Waals surface area contributed by atoms with Crippen molar-refractivity contribution < 1.29 is 17.9 Å². The highest BCUT2D eigenvalue weighted by atomic mass is 19.4. The van der Waals surface area contributed by atoms with Crippen molar-refractivity contribution in [3.63, 3.8) is 0 Å². The number of alkyl halides is 3. The van der Waals surface area contributed by atoms with Gasteiger partial charge in [-0.2, -0.15) is 13.2 Å². The third kappa shape index (κ3) is 4.16. The second kappa shape index (κ2) is 6.28. The highest BCUT2D eigenvalue weighted by molar-refractivity contribution is 5.48. The largest absolute Gasteiger partial charge is 0.490 e. The van der Waals surface area contributed by atoms with Gasteiger partial charge in [0.05, 0.1) is 5.56 Å². The molecule has 0 unspecified atom stereocenters. The quantitative estimate of drug-likeness (QED) is 0.780. The number of hydrogen-bond donors (Lipinski definition) is 0. The molecule has 0 aromatic heterocycles. The van der Waals surface area contributed by atoms with Gasteiger partial charge in [-0.3, -0.25) is 0 Å². The minimum atomic E-state index is -4.35. The Morgan fingerprint density at radius 2 is 1.70 bits per heavy atom. The Bertz CT molecular complexity index is 574. The lowest BCUT2D eigenvalue weighted by Gasteiger charge is -2.08. The average molecular weight is 278 g/mol. The van der Waals surface area contributed by atoms with Crippen LogP contribution in [0.5, 0.6) is 5.75 Å². The number of hydrogen-bond acceptors (Lipinski definition) is 1. The molecule has 2 aromatic rings. The van der Waals surface area contributed by atoms with E-state index >= 15 is 0 Å². The first-order chi connectivity index (χ1) is 9.55. The predicted molar refractivity (Wildman–Crippen MR) is 72.4 cm³/mol. The SMILES string of the molecule is FC(F)(F)c1cccc(OC/C=C/c2ccccc2)c1. The van der Waals surface area contributed by atoms with Crippen LogP contribution >= 0.6 is 0 Å². The van der Waals surface area contributed by atoms with Crippen molar-refractivity contribution in [3.05, 3.63) is 71.8 Å². The summed E-state index contributed by atoms with van der Waals surface area (Å²) in [6, 6.07) is 14.5. The number of rotatable bonds is 4. The predicted octanol–water partition coefficient (Wildman–Crippen LogP) is 4.80. The van der Waals surface area contributed by atoms with E-state index in [2.05, 4.69) is 0 Å². The molecule has 2 aromatic carbocycles. The molecule has 0 saturated heterocycles. The van der Waals surface area contributed by atoms with Crippen LogP contribution in [0.2, 0.25) is 0 Å². The fraction of sp³-hybridized carbons (Fsp3) is 0.125. The van der Waals surface area contributed by atoms with Crippen LogP contribution in [-0.2, 0) is 6.18 Å². The molecule has 0 aliphatic heterocycles. The van der Waals surface area contributed by atoms with Gasteiger partial charge in [0.2, 0.25) is 0 Å².